The molecule has 0 spiro atoms. The van der Waals surface area contributed by atoms with Gasteiger partial charge in [0.2, 0.25) is 0 Å². The zero-order valence-corrected chi connectivity index (χ0v) is 13.1. The van der Waals surface area contributed by atoms with E-state index in [0.29, 0.717) is 6.04 Å². The van der Waals surface area contributed by atoms with Gasteiger partial charge in [0.15, 0.2) is 0 Å². The molecule has 3 aromatic rings. The summed E-state index contributed by atoms with van der Waals surface area (Å²) in [6.45, 7) is 1.24. The molecule has 108 valence electrons. The van der Waals surface area contributed by atoms with Crippen molar-refractivity contribution in [1.29, 1.82) is 0 Å². The lowest BCUT2D eigenvalue weighted by Crippen LogP contribution is -2.26. The maximum absolute atomic E-state index is 3.43. The monoisotopic (exact) mass is 296 g/mol. The number of rotatable bonds is 3. The maximum Gasteiger partial charge on any atom is 0.0457 e. The molecule has 3 heteroatoms. The van der Waals surface area contributed by atoms with Crippen LogP contribution in [0, 0.1) is 0 Å². The minimum atomic E-state index is 0.703. The lowest BCUT2D eigenvalue weighted by Gasteiger charge is -2.18. The summed E-state index contributed by atoms with van der Waals surface area (Å²) in [6.07, 6.45) is 6.02. The van der Waals surface area contributed by atoms with Crippen LogP contribution in [-0.2, 0) is 6.42 Å². The average molecular weight is 296 g/mol. The Hall–Kier alpha value is -1.58. The van der Waals surface area contributed by atoms with Crippen molar-refractivity contribution in [2.45, 2.75) is 25.3 Å². The molecule has 1 fully saturated rings. The number of benzene rings is 1. The van der Waals surface area contributed by atoms with Crippen LogP contribution in [0.2, 0.25) is 0 Å². The molecule has 21 heavy (non-hydrogen) atoms. The number of nitrogens with zero attached hydrogens (tertiary/aromatic N) is 1. The second kappa shape index (κ2) is 5.32. The zero-order valence-electron chi connectivity index (χ0n) is 12.3. The first-order valence-corrected chi connectivity index (χ1v) is 8.53. The number of nitrogens with one attached hydrogen (secondary N) is 1. The Morgan fingerprint density at radius 3 is 3.05 bits per heavy atom. The van der Waals surface area contributed by atoms with Crippen molar-refractivity contribution in [1.82, 2.24) is 9.88 Å². The molecule has 1 atom stereocenters. The van der Waals surface area contributed by atoms with Gasteiger partial charge in [-0.3, -0.25) is 0 Å². The lowest BCUT2D eigenvalue weighted by molar-refractivity contribution is 0.310. The Bertz CT molecular complexity index is 742. The SMILES string of the molecule is CN1CCC[C@@H]1Cc1c[nH]c2ccc(-c3cccs3)cc12. The standard InChI is InChI=1S/C18H20N2S/c1-20-8-2-4-15(20)10-14-12-19-17-7-6-13(11-16(14)17)18-5-3-9-21-18/h3,5-7,9,11-12,15,19H,2,4,8,10H2,1H3/t15-/m1/s1. The van der Waals surface area contributed by atoms with Crippen LogP contribution >= 0.6 is 11.3 Å². The molecule has 0 amide bonds. The van der Waals surface area contributed by atoms with Gasteiger partial charge in [-0.1, -0.05) is 12.1 Å². The minimum Gasteiger partial charge on any atom is -0.361 e. The number of fused-ring (bicyclic) bond motifs is 1. The van der Waals surface area contributed by atoms with Crippen LogP contribution in [0.4, 0.5) is 0 Å². The molecule has 0 radical (unpaired) electrons. The van der Waals surface area contributed by atoms with Crippen molar-refractivity contribution in [2.24, 2.45) is 0 Å². The smallest absolute Gasteiger partial charge is 0.0457 e. The molecule has 2 aromatic heterocycles. The van der Waals surface area contributed by atoms with E-state index in [4.69, 9.17) is 0 Å². The molecule has 1 saturated heterocycles. The summed E-state index contributed by atoms with van der Waals surface area (Å²) in [7, 11) is 2.25. The van der Waals surface area contributed by atoms with Gasteiger partial charge in [-0.25, -0.2) is 0 Å². The van der Waals surface area contributed by atoms with E-state index >= 15 is 0 Å². The van der Waals surface area contributed by atoms with E-state index in [2.05, 4.69) is 58.8 Å². The lowest BCUT2D eigenvalue weighted by atomic mass is 10.0. The van der Waals surface area contributed by atoms with E-state index < -0.39 is 0 Å². The second-order valence-corrected chi connectivity index (χ2v) is 6.98. The fraction of sp³-hybridized carbons (Fsp3) is 0.333. The van der Waals surface area contributed by atoms with Crippen LogP contribution in [-0.4, -0.2) is 29.5 Å². The van der Waals surface area contributed by atoms with Crippen LogP contribution in [0.25, 0.3) is 21.3 Å². The first-order chi connectivity index (χ1) is 10.3. The third-order valence-electron chi connectivity index (χ3n) is 4.70. The summed E-state index contributed by atoms with van der Waals surface area (Å²) in [5.74, 6) is 0. The first kappa shape index (κ1) is 13.1. The molecule has 2 nitrogen and oxygen atoms in total. The van der Waals surface area contributed by atoms with E-state index in [1.165, 1.54) is 46.3 Å². The summed E-state index contributed by atoms with van der Waals surface area (Å²) < 4.78 is 0. The Morgan fingerprint density at radius 2 is 2.29 bits per heavy atom. The second-order valence-electron chi connectivity index (χ2n) is 6.03. The minimum absolute atomic E-state index is 0.703. The van der Waals surface area contributed by atoms with Gasteiger partial charge >= 0.3 is 0 Å². The topological polar surface area (TPSA) is 19.0 Å². The molecule has 1 N–H and O–H groups in total. The number of hydrogen-bond donors (Lipinski definition) is 1. The van der Waals surface area contributed by atoms with E-state index in [1.54, 1.807) is 0 Å². The van der Waals surface area contributed by atoms with Crippen molar-refractivity contribution in [2.75, 3.05) is 13.6 Å². The van der Waals surface area contributed by atoms with Crippen LogP contribution in [0.5, 0.6) is 0 Å². The number of aromatic amines is 1. The van der Waals surface area contributed by atoms with Gasteiger partial charge in [0.1, 0.15) is 0 Å². The van der Waals surface area contributed by atoms with Gasteiger partial charge in [-0.15, -0.1) is 11.3 Å². The number of hydrogen-bond acceptors (Lipinski definition) is 2. The molecule has 0 bridgehead atoms. The van der Waals surface area contributed by atoms with Crippen molar-refractivity contribution < 1.29 is 0 Å². The third kappa shape index (κ3) is 2.41. The van der Waals surface area contributed by atoms with Gasteiger partial charge in [0.05, 0.1) is 0 Å². The summed E-state index contributed by atoms with van der Waals surface area (Å²) in [4.78, 5) is 7.29. The number of likely N-dealkylation sites (tertiary alicyclic amines) is 1. The number of likely N-dealkylation sites (N-methyl/N-ethyl adjacent to an activating group) is 1. The van der Waals surface area contributed by atoms with E-state index in [1.807, 2.05) is 11.3 Å². The largest absolute Gasteiger partial charge is 0.361 e. The quantitative estimate of drug-likeness (QED) is 0.752. The Morgan fingerprint density at radius 1 is 1.33 bits per heavy atom. The van der Waals surface area contributed by atoms with Crippen LogP contribution in [0.15, 0.2) is 41.9 Å². The van der Waals surface area contributed by atoms with E-state index in [-0.39, 0.29) is 0 Å². The first-order valence-electron chi connectivity index (χ1n) is 7.65. The van der Waals surface area contributed by atoms with Crippen LogP contribution in [0.3, 0.4) is 0 Å². The van der Waals surface area contributed by atoms with Crippen molar-refractivity contribution >= 4 is 22.2 Å². The summed E-state index contributed by atoms with van der Waals surface area (Å²) in [5.41, 5.74) is 4.05. The molecule has 0 aliphatic carbocycles. The Balaban J connectivity index is 1.70. The molecule has 3 heterocycles. The van der Waals surface area contributed by atoms with Gasteiger partial charge in [0.25, 0.3) is 0 Å². The molecule has 1 aromatic carbocycles. The predicted molar refractivity (Wildman–Crippen MR) is 91.0 cm³/mol. The zero-order chi connectivity index (χ0) is 14.2. The van der Waals surface area contributed by atoms with Gasteiger partial charge in [-0.2, -0.15) is 0 Å². The van der Waals surface area contributed by atoms with E-state index in [0.717, 1.165) is 6.42 Å². The molecule has 4 rings (SSSR count). The molecular weight excluding hydrogens is 276 g/mol. The normalized spacial score (nSPS) is 19.6. The Labute approximate surface area is 129 Å². The van der Waals surface area contributed by atoms with E-state index in [9.17, 15) is 0 Å². The summed E-state index contributed by atoms with van der Waals surface area (Å²) in [5, 5.41) is 3.53. The highest BCUT2D eigenvalue weighted by Gasteiger charge is 2.22. The molecule has 0 saturated carbocycles. The highest BCUT2D eigenvalue weighted by Crippen LogP contribution is 2.30. The fourth-order valence-electron chi connectivity index (χ4n) is 3.43. The summed E-state index contributed by atoms with van der Waals surface area (Å²) in [6, 6.07) is 11.8. The summed E-state index contributed by atoms with van der Waals surface area (Å²) >= 11 is 1.81. The molecule has 1 aliphatic rings. The molecular formula is C18H20N2S. The predicted octanol–water partition coefficient (Wildman–Crippen LogP) is 4.53. The van der Waals surface area contributed by atoms with Crippen molar-refractivity contribution in [3.63, 3.8) is 0 Å². The van der Waals surface area contributed by atoms with Crippen molar-refractivity contribution in [3.05, 3.63) is 47.5 Å². The van der Waals surface area contributed by atoms with Gasteiger partial charge < -0.3 is 9.88 Å². The average Bonchev–Trinajstić information content (AvgIpc) is 3.22. The maximum atomic E-state index is 3.43. The van der Waals surface area contributed by atoms with Crippen LogP contribution in [0.1, 0.15) is 18.4 Å². The van der Waals surface area contributed by atoms with Crippen LogP contribution < -0.4 is 0 Å². The molecule has 1 aliphatic heterocycles. The van der Waals surface area contributed by atoms with Crippen molar-refractivity contribution in [3.8, 4) is 10.4 Å². The fourth-order valence-corrected chi connectivity index (χ4v) is 4.16. The Kier molecular flexibility index (Phi) is 3.32. The van der Waals surface area contributed by atoms with Gasteiger partial charge in [0, 0.05) is 28.0 Å². The highest BCUT2D eigenvalue weighted by molar-refractivity contribution is 7.13. The highest BCUT2D eigenvalue weighted by atomic mass is 32.1. The number of H-pyrrole nitrogens is 1. The number of aromatic nitrogens is 1. The number of thiophene rings is 1. The van der Waals surface area contributed by atoms with Gasteiger partial charge in [-0.05, 0) is 67.6 Å². The third-order valence-corrected chi connectivity index (χ3v) is 5.62. The molecule has 0 unspecified atom stereocenters.